The maximum absolute atomic E-state index is 5.00. The standard InChI is InChI=1S/C27H29N9/c1-2-8-36(9-3-1)24-16-29-14-23-26(24)32-27(31-23)25-20-11-21(30-15-22(20)33-34-25)19-10-18(12-28-13-19)17-35-6-4-5-7-35/h10-16H,1-9,17H2,(H,31,32)(H,33,34). The summed E-state index contributed by atoms with van der Waals surface area (Å²) in [5, 5.41) is 8.72. The van der Waals surface area contributed by atoms with Crippen molar-refractivity contribution >= 4 is 27.6 Å². The molecule has 2 aliphatic rings. The number of rotatable bonds is 5. The molecule has 2 aliphatic heterocycles. The normalized spacial score (nSPS) is 16.9. The Kier molecular flexibility index (Phi) is 5.35. The van der Waals surface area contributed by atoms with Crippen LogP contribution >= 0.6 is 0 Å². The number of aromatic nitrogens is 7. The zero-order valence-corrected chi connectivity index (χ0v) is 20.2. The Bertz CT molecular complexity index is 1520. The van der Waals surface area contributed by atoms with Gasteiger partial charge < -0.3 is 9.88 Å². The van der Waals surface area contributed by atoms with Crippen molar-refractivity contribution in [2.75, 3.05) is 31.1 Å². The van der Waals surface area contributed by atoms with Crippen molar-refractivity contribution < 1.29 is 0 Å². The summed E-state index contributed by atoms with van der Waals surface area (Å²) in [5.74, 6) is 0.737. The maximum atomic E-state index is 5.00. The number of hydrogen-bond donors (Lipinski definition) is 2. The summed E-state index contributed by atoms with van der Waals surface area (Å²) < 4.78 is 0. The highest BCUT2D eigenvalue weighted by atomic mass is 15.2. The van der Waals surface area contributed by atoms with E-state index in [0.717, 1.165) is 70.0 Å². The van der Waals surface area contributed by atoms with Crippen LogP contribution in [0.1, 0.15) is 37.7 Å². The number of aromatic amines is 2. The maximum Gasteiger partial charge on any atom is 0.159 e. The molecule has 0 saturated carbocycles. The number of imidazole rings is 1. The summed E-state index contributed by atoms with van der Waals surface area (Å²) in [5.41, 5.74) is 7.76. The lowest BCUT2D eigenvalue weighted by atomic mass is 10.1. The first kappa shape index (κ1) is 21.4. The predicted octanol–water partition coefficient (Wildman–Crippen LogP) is 4.54. The molecular formula is C27H29N9. The molecule has 9 heteroatoms. The van der Waals surface area contributed by atoms with Gasteiger partial charge in [-0.1, -0.05) is 0 Å². The van der Waals surface area contributed by atoms with Gasteiger partial charge in [0.25, 0.3) is 0 Å². The molecule has 2 saturated heterocycles. The number of H-pyrrole nitrogens is 2. The van der Waals surface area contributed by atoms with E-state index in [1.807, 2.05) is 31.0 Å². The summed E-state index contributed by atoms with van der Waals surface area (Å²) in [6, 6.07) is 4.29. The van der Waals surface area contributed by atoms with Crippen molar-refractivity contribution in [3.05, 3.63) is 48.7 Å². The summed E-state index contributed by atoms with van der Waals surface area (Å²) >= 11 is 0. The van der Waals surface area contributed by atoms with Crippen LogP contribution in [0.4, 0.5) is 5.69 Å². The molecule has 182 valence electrons. The molecule has 0 radical (unpaired) electrons. The fraction of sp³-hybridized carbons (Fsp3) is 0.370. The molecule has 2 fully saturated rings. The number of hydrogen-bond acceptors (Lipinski definition) is 7. The van der Waals surface area contributed by atoms with Crippen LogP contribution < -0.4 is 4.90 Å². The minimum atomic E-state index is 0.737. The smallest absolute Gasteiger partial charge is 0.159 e. The number of nitrogens with one attached hydrogen (secondary N) is 2. The molecule has 0 aliphatic carbocycles. The van der Waals surface area contributed by atoms with Gasteiger partial charge in [-0.2, -0.15) is 5.10 Å². The van der Waals surface area contributed by atoms with Crippen LogP contribution in [0.25, 0.3) is 44.7 Å². The number of nitrogens with zero attached hydrogens (tertiary/aromatic N) is 7. The van der Waals surface area contributed by atoms with Crippen LogP contribution in [0, 0.1) is 0 Å². The first-order valence-corrected chi connectivity index (χ1v) is 12.9. The summed E-state index contributed by atoms with van der Waals surface area (Å²) in [4.78, 5) is 27.0. The van der Waals surface area contributed by atoms with Gasteiger partial charge in [-0.15, -0.1) is 0 Å². The topological polar surface area (TPSA) is 103 Å². The van der Waals surface area contributed by atoms with Crippen LogP contribution in [-0.4, -0.2) is 66.2 Å². The second kappa shape index (κ2) is 8.98. The van der Waals surface area contributed by atoms with Crippen LogP contribution in [-0.2, 0) is 6.54 Å². The van der Waals surface area contributed by atoms with Gasteiger partial charge >= 0.3 is 0 Å². The van der Waals surface area contributed by atoms with E-state index >= 15 is 0 Å². The number of fused-ring (bicyclic) bond motifs is 2. The average molecular weight is 480 g/mol. The minimum Gasteiger partial charge on any atom is -0.368 e. The van der Waals surface area contributed by atoms with E-state index in [4.69, 9.17) is 9.97 Å². The largest absolute Gasteiger partial charge is 0.368 e. The van der Waals surface area contributed by atoms with Gasteiger partial charge in [0.2, 0.25) is 0 Å². The van der Waals surface area contributed by atoms with Crippen molar-refractivity contribution in [3.63, 3.8) is 0 Å². The van der Waals surface area contributed by atoms with E-state index in [2.05, 4.69) is 47.1 Å². The Labute approximate surface area is 209 Å². The summed E-state index contributed by atoms with van der Waals surface area (Å²) in [6.45, 7) is 5.37. The molecule has 5 aromatic heterocycles. The molecular weight excluding hydrogens is 450 g/mol. The van der Waals surface area contributed by atoms with E-state index < -0.39 is 0 Å². The molecule has 5 aromatic rings. The third-order valence-electron chi connectivity index (χ3n) is 7.44. The van der Waals surface area contributed by atoms with Gasteiger partial charge in [-0.05, 0) is 62.9 Å². The second-order valence-electron chi connectivity index (χ2n) is 9.94. The fourth-order valence-corrected chi connectivity index (χ4v) is 5.57. The quantitative estimate of drug-likeness (QED) is 0.381. The molecule has 0 amide bonds. The third-order valence-corrected chi connectivity index (χ3v) is 7.44. The van der Waals surface area contributed by atoms with Crippen LogP contribution in [0.2, 0.25) is 0 Å². The number of anilines is 1. The average Bonchev–Trinajstić information content (AvgIpc) is 3.68. The SMILES string of the molecule is c1ncc(-c2cc3c(-c4nc5c(N6CCCCC6)cncc5[nH]4)n[nH]c3cn2)cc1CN1CCCC1. The summed E-state index contributed by atoms with van der Waals surface area (Å²) in [7, 11) is 0. The van der Waals surface area contributed by atoms with Crippen molar-refractivity contribution in [2.24, 2.45) is 0 Å². The first-order valence-electron chi connectivity index (χ1n) is 12.9. The van der Waals surface area contributed by atoms with Gasteiger partial charge in [-0.25, -0.2) is 4.98 Å². The zero-order valence-electron chi connectivity index (χ0n) is 20.2. The molecule has 0 aromatic carbocycles. The third kappa shape index (κ3) is 3.89. The first-order chi connectivity index (χ1) is 17.8. The van der Waals surface area contributed by atoms with Crippen LogP contribution in [0.5, 0.6) is 0 Å². The number of piperidine rings is 1. The molecule has 7 heterocycles. The van der Waals surface area contributed by atoms with Gasteiger partial charge in [-0.3, -0.25) is 25.0 Å². The Morgan fingerprint density at radius 3 is 2.53 bits per heavy atom. The van der Waals surface area contributed by atoms with Gasteiger partial charge in [0.05, 0.1) is 41.0 Å². The molecule has 0 unspecified atom stereocenters. The Hall–Kier alpha value is -3.85. The predicted molar refractivity (Wildman–Crippen MR) is 141 cm³/mol. The van der Waals surface area contributed by atoms with E-state index in [1.54, 1.807) is 0 Å². The highest BCUT2D eigenvalue weighted by Crippen LogP contribution is 2.32. The van der Waals surface area contributed by atoms with Crippen molar-refractivity contribution in [3.8, 4) is 22.8 Å². The summed E-state index contributed by atoms with van der Waals surface area (Å²) in [6.07, 6.45) is 15.8. The highest BCUT2D eigenvalue weighted by molar-refractivity contribution is 5.96. The fourth-order valence-electron chi connectivity index (χ4n) is 5.57. The number of likely N-dealkylation sites (tertiary alicyclic amines) is 1. The lowest BCUT2D eigenvalue weighted by Gasteiger charge is -2.28. The Morgan fingerprint density at radius 2 is 1.64 bits per heavy atom. The number of pyridine rings is 3. The monoisotopic (exact) mass is 479 g/mol. The van der Waals surface area contributed by atoms with Gasteiger partial charge in [0, 0.05) is 43.0 Å². The van der Waals surface area contributed by atoms with E-state index in [9.17, 15) is 0 Å². The molecule has 0 spiro atoms. The Balaban J connectivity index is 1.25. The molecule has 36 heavy (non-hydrogen) atoms. The molecule has 2 N–H and O–H groups in total. The molecule has 7 rings (SSSR count). The lowest BCUT2D eigenvalue weighted by Crippen LogP contribution is -2.29. The van der Waals surface area contributed by atoms with Crippen LogP contribution in [0.15, 0.2) is 43.1 Å². The van der Waals surface area contributed by atoms with Crippen LogP contribution in [0.3, 0.4) is 0 Å². The molecule has 0 atom stereocenters. The van der Waals surface area contributed by atoms with Crippen molar-refractivity contribution in [2.45, 2.75) is 38.6 Å². The van der Waals surface area contributed by atoms with E-state index in [1.165, 1.54) is 50.8 Å². The van der Waals surface area contributed by atoms with E-state index in [0.29, 0.717) is 0 Å². The van der Waals surface area contributed by atoms with E-state index in [-0.39, 0.29) is 0 Å². The van der Waals surface area contributed by atoms with Crippen molar-refractivity contribution in [1.29, 1.82) is 0 Å². The zero-order chi connectivity index (χ0) is 23.9. The van der Waals surface area contributed by atoms with Gasteiger partial charge in [0.1, 0.15) is 11.2 Å². The highest BCUT2D eigenvalue weighted by Gasteiger charge is 2.20. The van der Waals surface area contributed by atoms with Crippen molar-refractivity contribution in [1.82, 2.24) is 40.0 Å². The second-order valence-corrected chi connectivity index (χ2v) is 9.94. The molecule has 9 nitrogen and oxygen atoms in total. The molecule has 0 bridgehead atoms. The lowest BCUT2D eigenvalue weighted by molar-refractivity contribution is 0.331. The van der Waals surface area contributed by atoms with Gasteiger partial charge in [0.15, 0.2) is 5.82 Å². The Morgan fingerprint density at radius 1 is 0.806 bits per heavy atom. The minimum absolute atomic E-state index is 0.737.